The highest BCUT2D eigenvalue weighted by atomic mass is 19.1. The zero-order valence-electron chi connectivity index (χ0n) is 4.82. The van der Waals surface area contributed by atoms with E-state index in [4.69, 9.17) is 0 Å². The van der Waals surface area contributed by atoms with Gasteiger partial charge in [0.1, 0.15) is 0 Å². The molecular formula is C5H5F2NO. The quantitative estimate of drug-likeness (QED) is 0.580. The van der Waals surface area contributed by atoms with E-state index in [0.717, 1.165) is 0 Å². The Hall–Kier alpha value is -0.930. The summed E-state index contributed by atoms with van der Waals surface area (Å²) in [5, 5.41) is 0. The largest absolute Gasteiger partial charge is 0.417 e. The van der Waals surface area contributed by atoms with E-state index in [2.05, 4.69) is 9.40 Å². The van der Waals surface area contributed by atoms with E-state index in [-0.39, 0.29) is 5.76 Å². The molecule has 0 amide bonds. The van der Waals surface area contributed by atoms with Crippen molar-refractivity contribution in [2.24, 2.45) is 0 Å². The van der Waals surface area contributed by atoms with E-state index in [0.29, 0.717) is 6.42 Å². The van der Waals surface area contributed by atoms with Gasteiger partial charge < -0.3 is 4.42 Å². The fraction of sp³-hybridized carbons (Fsp3) is 0.400. The van der Waals surface area contributed by atoms with Gasteiger partial charge in [0.2, 0.25) is 0 Å². The van der Waals surface area contributed by atoms with Crippen LogP contribution in [-0.4, -0.2) is 4.98 Å². The van der Waals surface area contributed by atoms with Gasteiger partial charge in [-0.1, -0.05) is 6.92 Å². The normalized spacial score (nSPS) is 10.1. The van der Waals surface area contributed by atoms with Crippen molar-refractivity contribution in [3.63, 3.8) is 0 Å². The molecule has 0 aliphatic carbocycles. The Bertz CT molecular complexity index is 209. The van der Waals surface area contributed by atoms with Gasteiger partial charge in [0.15, 0.2) is 5.76 Å². The van der Waals surface area contributed by atoms with Gasteiger partial charge >= 0.3 is 6.14 Å². The molecule has 0 atom stereocenters. The minimum atomic E-state index is -1.11. The van der Waals surface area contributed by atoms with Crippen LogP contribution in [0.2, 0.25) is 0 Å². The lowest BCUT2D eigenvalue weighted by Crippen LogP contribution is -1.79. The summed E-state index contributed by atoms with van der Waals surface area (Å²) in [6.45, 7) is 1.66. The van der Waals surface area contributed by atoms with Crippen molar-refractivity contribution >= 4 is 0 Å². The first-order chi connectivity index (χ1) is 4.24. The number of oxazole rings is 1. The van der Waals surface area contributed by atoms with E-state index in [1.54, 1.807) is 6.92 Å². The molecule has 0 bridgehead atoms. The van der Waals surface area contributed by atoms with Gasteiger partial charge in [-0.25, -0.2) is 0 Å². The molecule has 0 aliphatic heterocycles. The van der Waals surface area contributed by atoms with Crippen LogP contribution in [0.5, 0.6) is 0 Å². The molecule has 1 heterocycles. The van der Waals surface area contributed by atoms with Crippen LogP contribution >= 0.6 is 0 Å². The smallest absolute Gasteiger partial charge is 0.384 e. The zero-order chi connectivity index (χ0) is 6.85. The lowest BCUT2D eigenvalue weighted by Gasteiger charge is -1.81. The van der Waals surface area contributed by atoms with Gasteiger partial charge in [0.05, 0.1) is 0 Å². The van der Waals surface area contributed by atoms with E-state index in [1.165, 1.54) is 0 Å². The Labute approximate surface area is 50.5 Å². The van der Waals surface area contributed by atoms with Gasteiger partial charge in [-0.15, -0.1) is 4.39 Å². The highest BCUT2D eigenvalue weighted by Crippen LogP contribution is 2.07. The molecule has 0 aliphatic rings. The summed E-state index contributed by atoms with van der Waals surface area (Å²) in [6, 6.07) is 0. The maximum absolute atomic E-state index is 12.2. The standard InChI is InChI=1S/C5H5F2NO/c1-2-3-4(6)8-5(7)9-3/h2H2,1H3. The summed E-state index contributed by atoms with van der Waals surface area (Å²) in [7, 11) is 0. The first-order valence-electron chi connectivity index (χ1n) is 2.54. The summed E-state index contributed by atoms with van der Waals surface area (Å²) in [5.41, 5.74) is 0. The van der Waals surface area contributed by atoms with Crippen molar-refractivity contribution in [1.29, 1.82) is 0 Å². The second-order valence-electron chi connectivity index (χ2n) is 1.53. The maximum atomic E-state index is 12.2. The van der Waals surface area contributed by atoms with Crippen LogP contribution in [0.1, 0.15) is 12.7 Å². The molecule has 0 aromatic carbocycles. The van der Waals surface area contributed by atoms with Crippen molar-refractivity contribution in [2.75, 3.05) is 0 Å². The number of nitrogens with zero attached hydrogens (tertiary/aromatic N) is 1. The van der Waals surface area contributed by atoms with Crippen LogP contribution in [0, 0.1) is 12.1 Å². The number of aromatic nitrogens is 1. The van der Waals surface area contributed by atoms with E-state index < -0.39 is 12.1 Å². The van der Waals surface area contributed by atoms with Gasteiger partial charge in [0.25, 0.3) is 5.95 Å². The molecule has 1 aromatic heterocycles. The number of hydrogen-bond donors (Lipinski definition) is 0. The molecule has 1 aromatic rings. The molecule has 9 heavy (non-hydrogen) atoms. The van der Waals surface area contributed by atoms with Crippen LogP contribution in [0.4, 0.5) is 8.78 Å². The minimum absolute atomic E-state index is 0.0347. The molecule has 0 unspecified atom stereocenters. The Morgan fingerprint density at radius 3 is 2.44 bits per heavy atom. The molecule has 0 saturated heterocycles. The van der Waals surface area contributed by atoms with Crippen molar-refractivity contribution in [1.82, 2.24) is 4.98 Å². The van der Waals surface area contributed by atoms with Crippen molar-refractivity contribution in [3.8, 4) is 0 Å². The van der Waals surface area contributed by atoms with Crippen molar-refractivity contribution in [3.05, 3.63) is 17.9 Å². The van der Waals surface area contributed by atoms with Gasteiger partial charge in [-0.05, 0) is 0 Å². The Balaban J connectivity index is 3.01. The number of rotatable bonds is 1. The average molecular weight is 133 g/mol. The fourth-order valence-electron chi connectivity index (χ4n) is 0.524. The second-order valence-corrected chi connectivity index (χ2v) is 1.53. The third-order valence-corrected chi connectivity index (χ3v) is 0.945. The van der Waals surface area contributed by atoms with Gasteiger partial charge in [-0.3, -0.25) is 0 Å². The number of aryl methyl sites for hydroxylation is 1. The van der Waals surface area contributed by atoms with Gasteiger partial charge in [-0.2, -0.15) is 9.37 Å². The molecule has 0 spiro atoms. The Morgan fingerprint density at radius 2 is 2.22 bits per heavy atom. The predicted octanol–water partition coefficient (Wildman–Crippen LogP) is 1.52. The molecule has 0 fully saturated rings. The van der Waals surface area contributed by atoms with Crippen LogP contribution in [0.25, 0.3) is 0 Å². The summed E-state index contributed by atoms with van der Waals surface area (Å²) in [6.07, 6.45) is -0.785. The average Bonchev–Trinajstić information content (AvgIpc) is 2.10. The Morgan fingerprint density at radius 1 is 1.56 bits per heavy atom. The molecule has 0 saturated carbocycles. The topological polar surface area (TPSA) is 26.0 Å². The lowest BCUT2D eigenvalue weighted by molar-refractivity contribution is 0.319. The molecule has 1 rings (SSSR count). The maximum Gasteiger partial charge on any atom is 0.384 e. The number of hydrogen-bond acceptors (Lipinski definition) is 2. The highest BCUT2D eigenvalue weighted by Gasteiger charge is 2.08. The third-order valence-electron chi connectivity index (χ3n) is 0.945. The van der Waals surface area contributed by atoms with Crippen LogP contribution in [0.15, 0.2) is 4.42 Å². The van der Waals surface area contributed by atoms with Crippen molar-refractivity contribution in [2.45, 2.75) is 13.3 Å². The zero-order valence-corrected chi connectivity index (χ0v) is 4.82. The van der Waals surface area contributed by atoms with Crippen LogP contribution < -0.4 is 0 Å². The summed E-state index contributed by atoms with van der Waals surface area (Å²) < 4.78 is 28.2. The molecular weight excluding hydrogens is 128 g/mol. The molecule has 0 radical (unpaired) electrons. The highest BCUT2D eigenvalue weighted by molar-refractivity contribution is 4.91. The van der Waals surface area contributed by atoms with Gasteiger partial charge in [0, 0.05) is 6.42 Å². The molecule has 4 heteroatoms. The third kappa shape index (κ3) is 1.06. The molecule has 2 nitrogen and oxygen atoms in total. The summed E-state index contributed by atoms with van der Waals surface area (Å²) in [4.78, 5) is 2.78. The van der Waals surface area contributed by atoms with Crippen LogP contribution in [-0.2, 0) is 6.42 Å². The molecule has 0 N–H and O–H groups in total. The van der Waals surface area contributed by atoms with E-state index >= 15 is 0 Å². The van der Waals surface area contributed by atoms with Crippen molar-refractivity contribution < 1.29 is 13.2 Å². The van der Waals surface area contributed by atoms with Crippen LogP contribution in [0.3, 0.4) is 0 Å². The minimum Gasteiger partial charge on any atom is -0.417 e. The predicted molar refractivity (Wildman–Crippen MR) is 25.8 cm³/mol. The first-order valence-corrected chi connectivity index (χ1v) is 2.54. The monoisotopic (exact) mass is 133 g/mol. The van der Waals surface area contributed by atoms with E-state index in [9.17, 15) is 8.78 Å². The second kappa shape index (κ2) is 2.13. The lowest BCUT2D eigenvalue weighted by atomic mass is 10.4. The number of halogens is 2. The fourth-order valence-corrected chi connectivity index (χ4v) is 0.524. The molecule has 50 valence electrons. The SMILES string of the molecule is CCc1oc(F)nc1F. The summed E-state index contributed by atoms with van der Waals surface area (Å²) in [5.74, 6) is -0.887. The Kier molecular flexibility index (Phi) is 1.46. The summed E-state index contributed by atoms with van der Waals surface area (Å²) >= 11 is 0. The van der Waals surface area contributed by atoms with E-state index in [1.807, 2.05) is 0 Å². The first kappa shape index (κ1) is 6.19.